The maximum absolute atomic E-state index is 12.0. The topological polar surface area (TPSA) is 70.6 Å². The summed E-state index contributed by atoms with van der Waals surface area (Å²) < 4.78 is 5.58. The van der Waals surface area contributed by atoms with Gasteiger partial charge in [-0.3, -0.25) is 0 Å². The van der Waals surface area contributed by atoms with Crippen molar-refractivity contribution in [2.24, 2.45) is 11.8 Å². The summed E-state index contributed by atoms with van der Waals surface area (Å²) in [7, 11) is 0. The molecule has 0 unspecified atom stereocenters. The van der Waals surface area contributed by atoms with Crippen LogP contribution in [0.1, 0.15) is 31.9 Å². The van der Waals surface area contributed by atoms with Gasteiger partial charge in [-0.2, -0.15) is 0 Å². The third-order valence-corrected chi connectivity index (χ3v) is 4.37. The van der Waals surface area contributed by atoms with Crippen LogP contribution in [0, 0.1) is 11.8 Å². The number of benzene rings is 1. The number of hydrogen-bond acceptors (Lipinski definition) is 3. The number of amides is 2. The lowest BCUT2D eigenvalue weighted by Crippen LogP contribution is -2.50. The van der Waals surface area contributed by atoms with Crippen LogP contribution >= 0.6 is 0 Å². The average Bonchev–Trinajstić information content (AvgIpc) is 3.21. The van der Waals surface area contributed by atoms with E-state index >= 15 is 0 Å². The van der Waals surface area contributed by atoms with E-state index in [-0.39, 0.29) is 18.7 Å². The molecule has 1 aliphatic heterocycles. The van der Waals surface area contributed by atoms with E-state index in [2.05, 4.69) is 24.5 Å². The third kappa shape index (κ3) is 2.97. The number of aliphatic hydroxyl groups excluding tert-OH is 1. The second-order valence-electron chi connectivity index (χ2n) is 6.27. The van der Waals surface area contributed by atoms with Crippen LogP contribution in [0.3, 0.4) is 0 Å². The molecule has 1 aromatic rings. The molecule has 5 nitrogen and oxygen atoms in total. The summed E-state index contributed by atoms with van der Waals surface area (Å²) in [5.41, 5.74) is 0.723. The molecule has 1 saturated carbocycles. The summed E-state index contributed by atoms with van der Waals surface area (Å²) in [6.45, 7) is 4.61. The summed E-state index contributed by atoms with van der Waals surface area (Å²) in [5, 5.41) is 16.1. The van der Waals surface area contributed by atoms with Gasteiger partial charge in [0.2, 0.25) is 0 Å². The highest BCUT2D eigenvalue weighted by molar-refractivity contribution is 5.75. The summed E-state index contributed by atoms with van der Waals surface area (Å²) in [6.07, 6.45) is 0.304. The Hall–Kier alpha value is -1.75. The summed E-state index contributed by atoms with van der Waals surface area (Å²) in [4.78, 5) is 12.0. The molecule has 21 heavy (non-hydrogen) atoms. The SMILES string of the molecule is CC(C)[C@@H]1C[C@H]1NC(=O)N[C@@H]1COc2ccccc2[C@H]1O. The largest absolute Gasteiger partial charge is 0.491 e. The van der Waals surface area contributed by atoms with Crippen molar-refractivity contribution in [3.63, 3.8) is 0 Å². The molecule has 5 heteroatoms. The maximum atomic E-state index is 12.0. The van der Waals surface area contributed by atoms with Crippen molar-refractivity contribution in [2.45, 2.75) is 38.5 Å². The Kier molecular flexibility index (Phi) is 3.76. The minimum atomic E-state index is -0.735. The van der Waals surface area contributed by atoms with Crippen LogP contribution < -0.4 is 15.4 Å². The number of para-hydroxylation sites is 1. The predicted octanol–water partition coefficient (Wildman–Crippen LogP) is 1.82. The van der Waals surface area contributed by atoms with Crippen molar-refractivity contribution < 1.29 is 14.6 Å². The van der Waals surface area contributed by atoms with Crippen LogP contribution in [-0.4, -0.2) is 29.8 Å². The number of rotatable bonds is 3. The monoisotopic (exact) mass is 290 g/mol. The van der Waals surface area contributed by atoms with Gasteiger partial charge in [-0.25, -0.2) is 4.79 Å². The highest BCUT2D eigenvalue weighted by Gasteiger charge is 2.41. The van der Waals surface area contributed by atoms with E-state index in [9.17, 15) is 9.90 Å². The van der Waals surface area contributed by atoms with E-state index in [0.717, 1.165) is 12.0 Å². The fourth-order valence-corrected chi connectivity index (χ4v) is 2.96. The van der Waals surface area contributed by atoms with E-state index in [0.29, 0.717) is 17.6 Å². The molecule has 0 radical (unpaired) electrons. The Morgan fingerprint density at radius 3 is 2.71 bits per heavy atom. The van der Waals surface area contributed by atoms with Gasteiger partial charge in [-0.1, -0.05) is 32.0 Å². The molecule has 4 atom stereocenters. The summed E-state index contributed by atoms with van der Waals surface area (Å²) in [5.74, 6) is 1.85. The molecule has 0 saturated heterocycles. The molecule has 2 aliphatic rings. The first-order chi connectivity index (χ1) is 10.1. The van der Waals surface area contributed by atoms with E-state index in [1.54, 1.807) is 0 Å². The van der Waals surface area contributed by atoms with Crippen LogP contribution in [0.4, 0.5) is 4.79 Å². The number of hydrogen-bond donors (Lipinski definition) is 3. The molecule has 0 spiro atoms. The van der Waals surface area contributed by atoms with Crippen molar-refractivity contribution in [3.05, 3.63) is 29.8 Å². The second kappa shape index (κ2) is 5.56. The lowest BCUT2D eigenvalue weighted by atomic mass is 9.99. The molecule has 3 rings (SSSR count). The Balaban J connectivity index is 1.56. The number of ether oxygens (including phenoxy) is 1. The van der Waals surface area contributed by atoms with E-state index in [1.165, 1.54) is 0 Å². The summed E-state index contributed by atoms with van der Waals surface area (Å²) in [6, 6.07) is 6.98. The molecule has 0 bridgehead atoms. The summed E-state index contributed by atoms with van der Waals surface area (Å²) >= 11 is 0. The van der Waals surface area contributed by atoms with Gasteiger partial charge in [0.1, 0.15) is 18.5 Å². The zero-order chi connectivity index (χ0) is 15.0. The van der Waals surface area contributed by atoms with Gasteiger partial charge in [0.25, 0.3) is 0 Å². The first-order valence-corrected chi connectivity index (χ1v) is 7.53. The van der Waals surface area contributed by atoms with Gasteiger partial charge in [-0.15, -0.1) is 0 Å². The van der Waals surface area contributed by atoms with Crippen LogP contribution in [0.15, 0.2) is 24.3 Å². The fraction of sp³-hybridized carbons (Fsp3) is 0.562. The molecule has 3 N–H and O–H groups in total. The molecule has 114 valence electrons. The average molecular weight is 290 g/mol. The molecule has 1 aliphatic carbocycles. The lowest BCUT2D eigenvalue weighted by Gasteiger charge is -2.30. The second-order valence-corrected chi connectivity index (χ2v) is 6.27. The third-order valence-electron chi connectivity index (χ3n) is 4.37. The highest BCUT2D eigenvalue weighted by atomic mass is 16.5. The van der Waals surface area contributed by atoms with Crippen molar-refractivity contribution in [1.29, 1.82) is 0 Å². The van der Waals surface area contributed by atoms with Crippen molar-refractivity contribution in [3.8, 4) is 5.75 Å². The first-order valence-electron chi connectivity index (χ1n) is 7.53. The smallest absolute Gasteiger partial charge is 0.315 e. The number of fused-ring (bicyclic) bond motifs is 1. The van der Waals surface area contributed by atoms with E-state index in [4.69, 9.17) is 4.74 Å². The van der Waals surface area contributed by atoms with Crippen molar-refractivity contribution >= 4 is 6.03 Å². The Morgan fingerprint density at radius 1 is 1.29 bits per heavy atom. The fourth-order valence-electron chi connectivity index (χ4n) is 2.96. The molecule has 0 aromatic heterocycles. The number of carbonyl (C=O) groups excluding carboxylic acids is 1. The van der Waals surface area contributed by atoms with Gasteiger partial charge in [0, 0.05) is 11.6 Å². The molecule has 1 fully saturated rings. The van der Waals surface area contributed by atoms with Gasteiger partial charge in [-0.05, 0) is 24.3 Å². The van der Waals surface area contributed by atoms with Crippen LogP contribution in [-0.2, 0) is 0 Å². The Bertz CT molecular complexity index is 532. The first kappa shape index (κ1) is 14.2. The van der Waals surface area contributed by atoms with E-state index < -0.39 is 12.1 Å². The standard InChI is InChI=1S/C16H22N2O3/c1-9(2)11-7-12(11)17-16(20)18-13-8-21-14-6-4-3-5-10(14)15(13)19/h3-6,9,11-13,15,19H,7-8H2,1-2H3,(H2,17,18,20)/t11-,12+,13+,15+/m0/s1. The molecule has 1 aromatic carbocycles. The van der Waals surface area contributed by atoms with Gasteiger partial charge < -0.3 is 20.5 Å². The Morgan fingerprint density at radius 2 is 2.00 bits per heavy atom. The predicted molar refractivity (Wildman–Crippen MR) is 79.1 cm³/mol. The van der Waals surface area contributed by atoms with Crippen LogP contribution in [0.25, 0.3) is 0 Å². The molecule has 2 amide bonds. The van der Waals surface area contributed by atoms with Crippen LogP contribution in [0.2, 0.25) is 0 Å². The van der Waals surface area contributed by atoms with Crippen molar-refractivity contribution in [2.75, 3.05) is 6.61 Å². The van der Waals surface area contributed by atoms with Crippen LogP contribution in [0.5, 0.6) is 5.75 Å². The quantitative estimate of drug-likeness (QED) is 0.795. The zero-order valence-electron chi connectivity index (χ0n) is 12.4. The van der Waals surface area contributed by atoms with Crippen molar-refractivity contribution in [1.82, 2.24) is 10.6 Å². The van der Waals surface area contributed by atoms with Gasteiger partial charge in [0.15, 0.2) is 0 Å². The van der Waals surface area contributed by atoms with E-state index in [1.807, 2.05) is 24.3 Å². The molecule has 1 heterocycles. The van der Waals surface area contributed by atoms with Gasteiger partial charge >= 0.3 is 6.03 Å². The molecular formula is C16H22N2O3. The van der Waals surface area contributed by atoms with Gasteiger partial charge in [0.05, 0.1) is 6.04 Å². The normalized spacial score (nSPS) is 30.3. The number of carbonyl (C=O) groups is 1. The maximum Gasteiger partial charge on any atom is 0.315 e. The lowest BCUT2D eigenvalue weighted by molar-refractivity contribution is 0.0773. The molecular weight excluding hydrogens is 268 g/mol. The zero-order valence-corrected chi connectivity index (χ0v) is 12.4. The number of nitrogens with one attached hydrogen (secondary N) is 2. The number of aliphatic hydroxyl groups is 1. The minimum absolute atomic E-state index is 0.227. The Labute approximate surface area is 124 Å². The minimum Gasteiger partial charge on any atom is -0.491 e. The highest BCUT2D eigenvalue weighted by Crippen LogP contribution is 2.37. The number of urea groups is 1.